The Morgan fingerprint density at radius 2 is 1.62 bits per heavy atom. The minimum atomic E-state index is -0.316. The number of rotatable bonds is 5. The lowest BCUT2D eigenvalue weighted by Crippen LogP contribution is -2.33. The molecule has 0 unspecified atom stereocenters. The molecule has 4 rings (SSSR count). The third kappa shape index (κ3) is 3.74. The van der Waals surface area contributed by atoms with Crippen molar-refractivity contribution in [1.29, 1.82) is 0 Å². The number of fused-ring (bicyclic) bond motifs is 2. The van der Waals surface area contributed by atoms with E-state index in [1.54, 1.807) is 0 Å². The largest absolute Gasteiger partial charge is 0.457 e. The topological polar surface area (TPSA) is 47.6 Å². The Kier molecular flexibility index (Phi) is 5.46. The molecule has 136 valence electrons. The van der Waals surface area contributed by atoms with Crippen molar-refractivity contribution in [1.82, 2.24) is 5.32 Å². The van der Waals surface area contributed by atoms with Gasteiger partial charge in [-0.3, -0.25) is 4.79 Å². The van der Waals surface area contributed by atoms with Crippen LogP contribution in [0, 0.1) is 0 Å². The number of ether oxygens (including phenoxy) is 2. The molecule has 1 amide bonds. The highest BCUT2D eigenvalue weighted by Crippen LogP contribution is 2.43. The van der Waals surface area contributed by atoms with Crippen molar-refractivity contribution in [2.24, 2.45) is 0 Å². The zero-order chi connectivity index (χ0) is 17.8. The van der Waals surface area contributed by atoms with Gasteiger partial charge < -0.3 is 14.8 Å². The second kappa shape index (κ2) is 8.14. The summed E-state index contributed by atoms with van der Waals surface area (Å²) in [5.41, 5.74) is 1.86. The quantitative estimate of drug-likeness (QED) is 0.811. The lowest BCUT2D eigenvalue weighted by Gasteiger charge is -2.27. The molecule has 2 heterocycles. The number of amides is 1. The van der Waals surface area contributed by atoms with Crippen LogP contribution in [0.4, 0.5) is 0 Å². The number of hydrogen-bond donors (Lipinski definition) is 1. The van der Waals surface area contributed by atoms with Gasteiger partial charge in [-0.25, -0.2) is 0 Å². The van der Waals surface area contributed by atoms with Crippen molar-refractivity contribution in [2.75, 3.05) is 25.5 Å². The second-order valence-corrected chi connectivity index (χ2v) is 7.99. The summed E-state index contributed by atoms with van der Waals surface area (Å²) >= 11 is 1.94. The molecule has 26 heavy (non-hydrogen) atoms. The highest BCUT2D eigenvalue weighted by Gasteiger charge is 2.32. The first-order valence-electron chi connectivity index (χ1n) is 9.15. The van der Waals surface area contributed by atoms with Gasteiger partial charge in [0, 0.05) is 41.9 Å². The maximum atomic E-state index is 13.0. The maximum Gasteiger partial charge on any atom is 0.232 e. The fourth-order valence-corrected chi connectivity index (χ4v) is 4.62. The second-order valence-electron chi connectivity index (χ2n) is 6.58. The molecule has 2 aromatic carbocycles. The van der Waals surface area contributed by atoms with Crippen molar-refractivity contribution >= 4 is 17.7 Å². The lowest BCUT2D eigenvalue weighted by molar-refractivity contribution is -0.121. The van der Waals surface area contributed by atoms with Crippen LogP contribution in [0.1, 0.15) is 29.9 Å². The Bertz CT molecular complexity index is 728. The van der Waals surface area contributed by atoms with Crippen LogP contribution < -0.4 is 10.1 Å². The molecule has 0 saturated carbocycles. The van der Waals surface area contributed by atoms with Crippen molar-refractivity contribution in [3.8, 4) is 11.5 Å². The van der Waals surface area contributed by atoms with Gasteiger partial charge in [0.2, 0.25) is 5.91 Å². The molecular formula is C21H23NO3S. The molecule has 5 heteroatoms. The Morgan fingerprint density at radius 3 is 2.27 bits per heavy atom. The number of para-hydroxylation sites is 2. The molecule has 0 bridgehead atoms. The summed E-state index contributed by atoms with van der Waals surface area (Å²) in [6.07, 6.45) is 2.22. The van der Waals surface area contributed by atoms with Crippen LogP contribution in [0.15, 0.2) is 48.5 Å². The molecule has 2 aliphatic heterocycles. The summed E-state index contributed by atoms with van der Waals surface area (Å²) in [5.74, 6) is 2.19. The molecule has 0 radical (unpaired) electrons. The van der Waals surface area contributed by atoms with Gasteiger partial charge in [0.25, 0.3) is 0 Å². The molecule has 0 aliphatic carbocycles. The molecule has 0 spiro atoms. The van der Waals surface area contributed by atoms with E-state index >= 15 is 0 Å². The molecule has 2 aromatic rings. The monoisotopic (exact) mass is 369 g/mol. The molecule has 4 nitrogen and oxygen atoms in total. The number of carbonyl (C=O) groups excluding carboxylic acids is 1. The minimum absolute atomic E-state index is 0.0424. The fraction of sp³-hybridized carbons (Fsp3) is 0.381. The number of benzene rings is 2. The zero-order valence-electron chi connectivity index (χ0n) is 14.6. The average Bonchev–Trinajstić information content (AvgIpc) is 2.70. The van der Waals surface area contributed by atoms with E-state index in [4.69, 9.17) is 9.47 Å². The van der Waals surface area contributed by atoms with Gasteiger partial charge in [-0.2, -0.15) is 11.8 Å². The van der Waals surface area contributed by atoms with Gasteiger partial charge >= 0.3 is 0 Å². The summed E-state index contributed by atoms with van der Waals surface area (Å²) in [6, 6.07) is 15.6. The van der Waals surface area contributed by atoms with Crippen LogP contribution in [0.2, 0.25) is 0 Å². The number of hydrogen-bond acceptors (Lipinski definition) is 4. The van der Waals surface area contributed by atoms with Crippen LogP contribution in [-0.2, 0) is 9.53 Å². The first-order valence-corrected chi connectivity index (χ1v) is 10.2. The third-order valence-corrected chi connectivity index (χ3v) is 6.25. The van der Waals surface area contributed by atoms with Crippen LogP contribution in [-0.4, -0.2) is 36.7 Å². The predicted molar refractivity (Wildman–Crippen MR) is 104 cm³/mol. The molecule has 0 aromatic heterocycles. The summed E-state index contributed by atoms with van der Waals surface area (Å²) in [5, 5.41) is 3.78. The van der Waals surface area contributed by atoms with Gasteiger partial charge in [-0.05, 0) is 25.0 Å². The van der Waals surface area contributed by atoms with Gasteiger partial charge in [0.15, 0.2) is 0 Å². The lowest BCUT2D eigenvalue weighted by atomic mass is 9.87. The maximum absolute atomic E-state index is 13.0. The van der Waals surface area contributed by atoms with E-state index in [-0.39, 0.29) is 11.8 Å². The summed E-state index contributed by atoms with van der Waals surface area (Å²) < 4.78 is 11.4. The van der Waals surface area contributed by atoms with E-state index < -0.39 is 0 Å². The normalized spacial score (nSPS) is 17.1. The third-order valence-electron chi connectivity index (χ3n) is 4.87. The first kappa shape index (κ1) is 17.4. The van der Waals surface area contributed by atoms with Gasteiger partial charge in [0.05, 0.1) is 5.92 Å². The molecule has 2 aliphatic rings. The van der Waals surface area contributed by atoms with E-state index in [0.717, 1.165) is 54.4 Å². The summed E-state index contributed by atoms with van der Waals surface area (Å²) in [4.78, 5) is 13.0. The van der Waals surface area contributed by atoms with E-state index in [1.165, 1.54) is 0 Å². The molecule has 1 N–H and O–H groups in total. The SMILES string of the molecule is O=C(NCCSC1CCOCC1)C1c2ccccc2Oc2ccccc21. The van der Waals surface area contributed by atoms with Crippen LogP contribution >= 0.6 is 11.8 Å². The smallest absolute Gasteiger partial charge is 0.232 e. The molecular weight excluding hydrogens is 346 g/mol. The van der Waals surface area contributed by atoms with E-state index in [1.807, 2.05) is 60.3 Å². The Balaban J connectivity index is 1.42. The zero-order valence-corrected chi connectivity index (χ0v) is 15.5. The van der Waals surface area contributed by atoms with Crippen LogP contribution in [0.5, 0.6) is 11.5 Å². The average molecular weight is 369 g/mol. The van der Waals surface area contributed by atoms with E-state index in [0.29, 0.717) is 11.8 Å². The van der Waals surface area contributed by atoms with Crippen molar-refractivity contribution < 1.29 is 14.3 Å². The number of nitrogens with one attached hydrogen (secondary N) is 1. The van der Waals surface area contributed by atoms with Crippen molar-refractivity contribution in [3.05, 3.63) is 59.7 Å². The van der Waals surface area contributed by atoms with E-state index in [9.17, 15) is 4.79 Å². The summed E-state index contributed by atoms with van der Waals surface area (Å²) in [6.45, 7) is 2.40. The Hall–Kier alpha value is -1.98. The van der Waals surface area contributed by atoms with Gasteiger partial charge in [-0.15, -0.1) is 0 Å². The summed E-state index contributed by atoms with van der Waals surface area (Å²) in [7, 11) is 0. The van der Waals surface area contributed by atoms with Crippen LogP contribution in [0.25, 0.3) is 0 Å². The fourth-order valence-electron chi connectivity index (χ4n) is 3.54. The number of thioether (sulfide) groups is 1. The number of carbonyl (C=O) groups is 1. The Labute approximate surface area is 158 Å². The van der Waals surface area contributed by atoms with Crippen molar-refractivity contribution in [2.45, 2.75) is 24.0 Å². The highest BCUT2D eigenvalue weighted by atomic mass is 32.2. The minimum Gasteiger partial charge on any atom is -0.457 e. The highest BCUT2D eigenvalue weighted by molar-refractivity contribution is 7.99. The van der Waals surface area contributed by atoms with Gasteiger partial charge in [-0.1, -0.05) is 36.4 Å². The Morgan fingerprint density at radius 1 is 1.00 bits per heavy atom. The van der Waals surface area contributed by atoms with Gasteiger partial charge in [0.1, 0.15) is 11.5 Å². The first-order chi connectivity index (χ1) is 12.8. The molecule has 1 fully saturated rings. The molecule has 1 saturated heterocycles. The standard InChI is InChI=1S/C21H23NO3S/c23-21(22-11-14-26-15-9-12-24-13-10-15)20-16-5-1-3-7-18(16)25-19-8-4-2-6-17(19)20/h1-8,15,20H,9-14H2,(H,22,23). The van der Waals surface area contributed by atoms with Crippen molar-refractivity contribution in [3.63, 3.8) is 0 Å². The predicted octanol–water partition coefficient (Wildman–Crippen LogP) is 3.95. The molecule has 0 atom stereocenters. The van der Waals surface area contributed by atoms with Crippen LogP contribution in [0.3, 0.4) is 0 Å². The van der Waals surface area contributed by atoms with E-state index in [2.05, 4.69) is 5.32 Å².